The minimum absolute atomic E-state index is 0.316. The molecule has 0 aromatic heterocycles. The van der Waals surface area contributed by atoms with Gasteiger partial charge in [-0.25, -0.2) is 4.18 Å². The van der Waals surface area contributed by atoms with E-state index in [4.69, 9.17) is 8.74 Å². The summed E-state index contributed by atoms with van der Waals surface area (Å²) in [7, 11) is -4.37. The largest absolute Gasteiger partial charge is 0.397 e. The Kier molecular flexibility index (Phi) is 3.41. The fourth-order valence-electron chi connectivity index (χ4n) is 4.36. The van der Waals surface area contributed by atoms with Gasteiger partial charge in [-0.2, -0.15) is 8.42 Å². The van der Waals surface area contributed by atoms with Crippen LogP contribution in [0, 0.1) is 5.92 Å². The van der Waals surface area contributed by atoms with Gasteiger partial charge in [0.1, 0.15) is 0 Å². The van der Waals surface area contributed by atoms with Crippen molar-refractivity contribution in [3.8, 4) is 0 Å². The van der Waals surface area contributed by atoms with E-state index in [9.17, 15) is 8.42 Å². The summed E-state index contributed by atoms with van der Waals surface area (Å²) in [5.74, 6) is 0.698. The van der Waals surface area contributed by atoms with Crippen molar-refractivity contribution >= 4 is 16.1 Å². The zero-order chi connectivity index (χ0) is 15.3. The minimum atomic E-state index is -4.37. The van der Waals surface area contributed by atoms with Gasteiger partial charge in [-0.15, -0.1) is 0 Å². The monoisotopic (exact) mass is 324 g/mol. The van der Waals surface area contributed by atoms with Crippen molar-refractivity contribution in [2.24, 2.45) is 5.92 Å². The highest BCUT2D eigenvalue weighted by molar-refractivity contribution is 7.80. The summed E-state index contributed by atoms with van der Waals surface area (Å²) in [5, 5.41) is 3.45. The molecule has 7 heteroatoms. The topological polar surface area (TPSA) is 78.9 Å². The van der Waals surface area contributed by atoms with Crippen LogP contribution < -0.4 is 10.2 Å². The van der Waals surface area contributed by atoms with Crippen molar-refractivity contribution in [3.05, 3.63) is 29.3 Å². The third kappa shape index (κ3) is 2.52. The van der Waals surface area contributed by atoms with Gasteiger partial charge in [0.05, 0.1) is 6.10 Å². The van der Waals surface area contributed by atoms with Crippen LogP contribution in [0.4, 0.5) is 5.69 Å². The number of nitrogens with one attached hydrogen (secondary N) is 1. The van der Waals surface area contributed by atoms with E-state index in [2.05, 4.69) is 28.4 Å². The minimum Gasteiger partial charge on any atom is -0.369 e. The number of para-hydroxylation sites is 1. The molecule has 0 amide bonds. The Morgan fingerprint density at radius 2 is 2.18 bits per heavy atom. The molecule has 1 aromatic carbocycles. The third-order valence-electron chi connectivity index (χ3n) is 5.10. The van der Waals surface area contributed by atoms with Crippen LogP contribution in [0.25, 0.3) is 0 Å². The first kappa shape index (κ1) is 14.4. The van der Waals surface area contributed by atoms with Gasteiger partial charge in [0.25, 0.3) is 0 Å². The van der Waals surface area contributed by atoms with Crippen molar-refractivity contribution in [1.29, 1.82) is 0 Å². The predicted molar refractivity (Wildman–Crippen MR) is 82.2 cm³/mol. The first-order valence-electron chi connectivity index (χ1n) is 7.74. The Bertz CT molecular complexity index is 691. The standard InChI is InChI=1S/C15H20N2O4S/c18-22(19,20)21-12-6-11-9-17-5-4-16-8-10-2-1-3-13(15(10)17)14(11)7-12/h1-3,11-12,14,16H,4-9H2,(H,18,19,20). The Labute approximate surface area is 130 Å². The van der Waals surface area contributed by atoms with Crippen LogP contribution in [0.5, 0.6) is 0 Å². The molecule has 2 N–H and O–H groups in total. The number of benzene rings is 1. The lowest BCUT2D eigenvalue weighted by atomic mass is 9.82. The van der Waals surface area contributed by atoms with Gasteiger partial charge in [-0.1, -0.05) is 18.2 Å². The van der Waals surface area contributed by atoms with Gasteiger partial charge in [0.2, 0.25) is 0 Å². The lowest BCUT2D eigenvalue weighted by Crippen LogP contribution is -2.38. The summed E-state index contributed by atoms with van der Waals surface area (Å²) < 4.78 is 35.7. The van der Waals surface area contributed by atoms with E-state index in [-0.39, 0.29) is 0 Å². The molecule has 1 aliphatic carbocycles. The van der Waals surface area contributed by atoms with Crippen LogP contribution in [0.15, 0.2) is 18.2 Å². The normalized spacial score (nSPS) is 30.6. The number of fused-ring (bicyclic) bond motifs is 2. The van der Waals surface area contributed by atoms with Gasteiger partial charge < -0.3 is 10.2 Å². The highest BCUT2D eigenvalue weighted by Gasteiger charge is 2.43. The van der Waals surface area contributed by atoms with E-state index in [0.29, 0.717) is 24.7 Å². The van der Waals surface area contributed by atoms with Crippen molar-refractivity contribution < 1.29 is 17.2 Å². The molecular weight excluding hydrogens is 304 g/mol. The average Bonchev–Trinajstić information content (AvgIpc) is 2.71. The highest BCUT2D eigenvalue weighted by atomic mass is 32.3. The zero-order valence-electron chi connectivity index (χ0n) is 12.2. The first-order valence-corrected chi connectivity index (χ1v) is 9.11. The predicted octanol–water partition coefficient (Wildman–Crippen LogP) is 1.29. The maximum Gasteiger partial charge on any atom is 0.397 e. The maximum absolute atomic E-state index is 11.0. The molecule has 2 aliphatic heterocycles. The van der Waals surface area contributed by atoms with E-state index in [1.807, 2.05) is 0 Å². The molecule has 3 unspecified atom stereocenters. The van der Waals surface area contributed by atoms with Crippen LogP contribution in [0.3, 0.4) is 0 Å². The second-order valence-corrected chi connectivity index (χ2v) is 7.51. The average molecular weight is 324 g/mol. The molecule has 0 bridgehead atoms. The van der Waals surface area contributed by atoms with E-state index in [0.717, 1.165) is 26.2 Å². The molecule has 3 aliphatic rings. The Morgan fingerprint density at radius 1 is 1.32 bits per heavy atom. The zero-order valence-corrected chi connectivity index (χ0v) is 13.1. The van der Waals surface area contributed by atoms with Crippen molar-refractivity contribution in [2.75, 3.05) is 24.5 Å². The van der Waals surface area contributed by atoms with Crippen LogP contribution in [0.2, 0.25) is 0 Å². The summed E-state index contributed by atoms with van der Waals surface area (Å²) in [4.78, 5) is 2.42. The molecule has 6 nitrogen and oxygen atoms in total. The van der Waals surface area contributed by atoms with E-state index < -0.39 is 16.5 Å². The van der Waals surface area contributed by atoms with Gasteiger partial charge in [0, 0.05) is 31.9 Å². The van der Waals surface area contributed by atoms with E-state index in [1.54, 1.807) is 0 Å². The lowest BCUT2D eigenvalue weighted by molar-refractivity contribution is 0.183. The van der Waals surface area contributed by atoms with Gasteiger partial charge in [-0.05, 0) is 35.8 Å². The second kappa shape index (κ2) is 5.19. The Hall–Kier alpha value is -1.15. The molecule has 0 spiro atoms. The maximum atomic E-state index is 11.0. The van der Waals surface area contributed by atoms with Gasteiger partial charge in [-0.3, -0.25) is 4.55 Å². The summed E-state index contributed by atoms with van der Waals surface area (Å²) in [6.07, 6.45) is 0.919. The smallest absolute Gasteiger partial charge is 0.369 e. The molecular formula is C15H20N2O4S. The molecule has 4 rings (SSSR count). The highest BCUT2D eigenvalue weighted by Crippen LogP contribution is 2.49. The second-order valence-electron chi connectivity index (χ2n) is 6.46. The number of hydrogen-bond acceptors (Lipinski definition) is 5. The summed E-state index contributed by atoms with van der Waals surface area (Å²) in [5.41, 5.74) is 3.94. The molecule has 2 heterocycles. The number of hydrogen-bond donors (Lipinski definition) is 2. The molecule has 1 fully saturated rings. The first-order chi connectivity index (χ1) is 10.5. The summed E-state index contributed by atoms with van der Waals surface area (Å²) >= 11 is 0. The van der Waals surface area contributed by atoms with Crippen LogP contribution in [-0.4, -0.2) is 38.7 Å². The van der Waals surface area contributed by atoms with Gasteiger partial charge in [0.15, 0.2) is 0 Å². The molecule has 1 aromatic rings. The Morgan fingerprint density at radius 3 is 3.00 bits per heavy atom. The number of anilines is 1. The Balaban J connectivity index is 1.68. The number of nitrogens with zero attached hydrogens (tertiary/aromatic N) is 1. The molecule has 0 saturated heterocycles. The summed E-state index contributed by atoms with van der Waals surface area (Å²) in [6.45, 7) is 3.73. The fourth-order valence-corrected chi connectivity index (χ4v) is 4.86. The summed E-state index contributed by atoms with van der Waals surface area (Å²) in [6, 6.07) is 6.40. The molecule has 0 radical (unpaired) electrons. The van der Waals surface area contributed by atoms with Crippen LogP contribution >= 0.6 is 0 Å². The molecule has 120 valence electrons. The van der Waals surface area contributed by atoms with Crippen molar-refractivity contribution in [1.82, 2.24) is 5.32 Å². The SMILES string of the molecule is O=S(=O)(O)OC1CC2CN3CCNCc4cccc(c43)C2C1. The fraction of sp³-hybridized carbons (Fsp3) is 0.600. The quantitative estimate of drug-likeness (QED) is 0.798. The van der Waals surface area contributed by atoms with Gasteiger partial charge >= 0.3 is 10.4 Å². The molecule has 22 heavy (non-hydrogen) atoms. The number of rotatable bonds is 2. The van der Waals surface area contributed by atoms with E-state index >= 15 is 0 Å². The lowest BCUT2D eigenvalue weighted by Gasteiger charge is -2.38. The van der Waals surface area contributed by atoms with Crippen molar-refractivity contribution in [3.63, 3.8) is 0 Å². The molecule has 1 saturated carbocycles. The van der Waals surface area contributed by atoms with Crippen molar-refractivity contribution in [2.45, 2.75) is 31.4 Å². The third-order valence-corrected chi connectivity index (χ3v) is 5.62. The van der Waals surface area contributed by atoms with E-state index in [1.165, 1.54) is 16.8 Å². The molecule has 3 atom stereocenters. The van der Waals surface area contributed by atoms with Crippen LogP contribution in [-0.2, 0) is 21.1 Å². The van der Waals surface area contributed by atoms with Crippen LogP contribution in [0.1, 0.15) is 29.9 Å².